The van der Waals surface area contributed by atoms with E-state index < -0.39 is 34.0 Å². The predicted molar refractivity (Wildman–Crippen MR) is 111 cm³/mol. The molecule has 0 saturated heterocycles. The van der Waals surface area contributed by atoms with Crippen LogP contribution in [0.3, 0.4) is 0 Å². The Morgan fingerprint density at radius 2 is 1.71 bits per heavy atom. The number of sulfonamides is 1. The number of aromatic nitrogens is 2. The van der Waals surface area contributed by atoms with E-state index in [1.807, 2.05) is 0 Å². The molecule has 1 amide bonds. The molecular formula is C20H21FN4O5S. The van der Waals surface area contributed by atoms with Crippen molar-refractivity contribution in [1.82, 2.24) is 14.1 Å². The second kappa shape index (κ2) is 9.23. The second-order valence-corrected chi connectivity index (χ2v) is 8.44. The average Bonchev–Trinajstić information content (AvgIpc) is 3.09. The van der Waals surface area contributed by atoms with E-state index in [2.05, 4.69) is 10.4 Å². The molecule has 0 atom stereocenters. The number of rotatable bonds is 8. The largest absolute Gasteiger partial charge is 0.437 e. The molecule has 0 spiro atoms. The van der Waals surface area contributed by atoms with Crippen LogP contribution in [0.4, 0.5) is 10.1 Å². The Hall–Kier alpha value is -3.31. The first-order valence-electron chi connectivity index (χ1n) is 9.48. The molecule has 0 aliphatic rings. The summed E-state index contributed by atoms with van der Waals surface area (Å²) >= 11 is 0. The summed E-state index contributed by atoms with van der Waals surface area (Å²) < 4.78 is 45.2. The molecule has 0 fully saturated rings. The van der Waals surface area contributed by atoms with Crippen LogP contribution in [0, 0.1) is 5.82 Å². The maximum Gasteiger partial charge on any atom is 0.437 e. The average molecular weight is 448 g/mol. The zero-order valence-electron chi connectivity index (χ0n) is 16.9. The molecule has 0 aliphatic carbocycles. The number of anilines is 1. The van der Waals surface area contributed by atoms with Crippen molar-refractivity contribution in [3.63, 3.8) is 0 Å². The van der Waals surface area contributed by atoms with Crippen molar-refractivity contribution >= 4 is 21.6 Å². The van der Waals surface area contributed by atoms with Gasteiger partial charge in [0.1, 0.15) is 12.4 Å². The molecule has 0 bridgehead atoms. The van der Waals surface area contributed by atoms with Gasteiger partial charge in [-0.1, -0.05) is 13.8 Å². The molecule has 3 rings (SSSR count). The molecule has 11 heteroatoms. The van der Waals surface area contributed by atoms with E-state index in [1.54, 1.807) is 13.8 Å². The fraction of sp³-hybridized carbons (Fsp3) is 0.250. The van der Waals surface area contributed by atoms with Crippen LogP contribution in [0.15, 0.2) is 62.6 Å². The molecular weight excluding hydrogens is 427 g/mol. The topological polar surface area (TPSA) is 115 Å². The Labute approximate surface area is 178 Å². The van der Waals surface area contributed by atoms with Crippen LogP contribution in [-0.2, 0) is 21.4 Å². The Kier molecular flexibility index (Phi) is 6.66. The zero-order valence-corrected chi connectivity index (χ0v) is 17.7. The molecule has 0 radical (unpaired) electrons. The number of carbonyl (C=O) groups excluding carboxylic acids is 1. The zero-order chi connectivity index (χ0) is 22.6. The van der Waals surface area contributed by atoms with Gasteiger partial charge in [0, 0.05) is 24.3 Å². The Morgan fingerprint density at radius 1 is 1.10 bits per heavy atom. The summed E-state index contributed by atoms with van der Waals surface area (Å²) in [7, 11) is -3.60. The summed E-state index contributed by atoms with van der Waals surface area (Å²) in [6.45, 7) is 3.79. The maximum absolute atomic E-state index is 13.0. The van der Waals surface area contributed by atoms with Crippen molar-refractivity contribution in [2.45, 2.75) is 25.3 Å². The van der Waals surface area contributed by atoms with Crippen molar-refractivity contribution in [3.8, 4) is 11.5 Å². The number of benzene rings is 2. The van der Waals surface area contributed by atoms with E-state index in [4.69, 9.17) is 4.42 Å². The highest BCUT2D eigenvalue weighted by Gasteiger charge is 2.21. The predicted octanol–water partition coefficient (Wildman–Crippen LogP) is 2.31. The fourth-order valence-electron chi connectivity index (χ4n) is 2.87. The van der Waals surface area contributed by atoms with E-state index in [1.165, 1.54) is 52.8 Å². The van der Waals surface area contributed by atoms with Crippen molar-refractivity contribution in [3.05, 3.63) is 64.9 Å². The van der Waals surface area contributed by atoms with Crippen molar-refractivity contribution in [1.29, 1.82) is 0 Å². The third kappa shape index (κ3) is 5.06. The van der Waals surface area contributed by atoms with E-state index in [9.17, 15) is 22.4 Å². The van der Waals surface area contributed by atoms with Gasteiger partial charge in [-0.25, -0.2) is 17.6 Å². The highest BCUT2D eigenvalue weighted by Crippen LogP contribution is 2.19. The molecule has 1 heterocycles. The van der Waals surface area contributed by atoms with Gasteiger partial charge in [-0.2, -0.15) is 8.99 Å². The minimum absolute atomic E-state index is 0.0382. The molecule has 1 aromatic heterocycles. The van der Waals surface area contributed by atoms with Gasteiger partial charge in [-0.05, 0) is 48.5 Å². The maximum atomic E-state index is 13.0. The minimum Gasteiger partial charge on any atom is -0.388 e. The number of nitrogens with one attached hydrogen (secondary N) is 1. The lowest BCUT2D eigenvalue weighted by Crippen LogP contribution is -2.30. The van der Waals surface area contributed by atoms with Crippen molar-refractivity contribution in [2.75, 3.05) is 18.4 Å². The Bertz CT molecular complexity index is 1210. The van der Waals surface area contributed by atoms with Gasteiger partial charge in [-0.15, -0.1) is 5.10 Å². The van der Waals surface area contributed by atoms with Gasteiger partial charge < -0.3 is 9.73 Å². The summed E-state index contributed by atoms with van der Waals surface area (Å²) in [4.78, 5) is 24.3. The summed E-state index contributed by atoms with van der Waals surface area (Å²) in [5, 5.41) is 6.52. The van der Waals surface area contributed by atoms with Crippen LogP contribution in [-0.4, -0.2) is 41.5 Å². The number of nitrogens with zero attached hydrogens (tertiary/aromatic N) is 3. The highest BCUT2D eigenvalue weighted by molar-refractivity contribution is 7.89. The van der Waals surface area contributed by atoms with E-state index in [-0.39, 0.29) is 10.8 Å². The molecule has 9 nitrogen and oxygen atoms in total. The second-order valence-electron chi connectivity index (χ2n) is 6.50. The lowest BCUT2D eigenvalue weighted by molar-refractivity contribution is -0.117. The quantitative estimate of drug-likeness (QED) is 0.566. The summed E-state index contributed by atoms with van der Waals surface area (Å²) in [5.41, 5.74) is 0.751. The molecule has 31 heavy (non-hydrogen) atoms. The van der Waals surface area contributed by atoms with E-state index >= 15 is 0 Å². The molecule has 0 unspecified atom stereocenters. The van der Waals surface area contributed by atoms with Gasteiger partial charge >= 0.3 is 5.76 Å². The Balaban J connectivity index is 1.69. The molecule has 3 aromatic rings. The normalized spacial score (nSPS) is 11.6. The van der Waals surface area contributed by atoms with E-state index in [0.717, 1.165) is 4.68 Å². The number of hydrogen-bond acceptors (Lipinski definition) is 6. The molecule has 0 aliphatic heterocycles. The lowest BCUT2D eigenvalue weighted by atomic mass is 10.2. The number of carbonyl (C=O) groups is 1. The molecule has 164 valence electrons. The summed E-state index contributed by atoms with van der Waals surface area (Å²) in [6.07, 6.45) is 0. The molecule has 1 N–H and O–H groups in total. The first-order chi connectivity index (χ1) is 14.7. The SMILES string of the molecule is CCN(CC)S(=O)(=O)c1ccc(NC(=O)Cn2nc(-c3ccc(F)cc3)oc2=O)cc1. The van der Waals surface area contributed by atoms with Gasteiger partial charge in [-0.3, -0.25) is 4.79 Å². The first kappa shape index (κ1) is 22.4. The van der Waals surface area contributed by atoms with Crippen LogP contribution >= 0.6 is 0 Å². The monoisotopic (exact) mass is 448 g/mol. The highest BCUT2D eigenvalue weighted by atomic mass is 32.2. The fourth-order valence-corrected chi connectivity index (χ4v) is 4.33. The number of halogens is 1. The first-order valence-corrected chi connectivity index (χ1v) is 10.9. The smallest absolute Gasteiger partial charge is 0.388 e. The van der Waals surface area contributed by atoms with Crippen LogP contribution in [0.25, 0.3) is 11.5 Å². The minimum atomic E-state index is -3.60. The van der Waals surface area contributed by atoms with Crippen molar-refractivity contribution in [2.24, 2.45) is 0 Å². The van der Waals surface area contributed by atoms with Crippen LogP contribution in [0.2, 0.25) is 0 Å². The summed E-state index contributed by atoms with van der Waals surface area (Å²) in [6, 6.07) is 10.9. The Morgan fingerprint density at radius 3 is 2.29 bits per heavy atom. The molecule has 0 saturated carbocycles. The van der Waals surface area contributed by atoms with Gasteiger partial charge in [0.2, 0.25) is 21.8 Å². The van der Waals surface area contributed by atoms with Gasteiger partial charge in [0.15, 0.2) is 0 Å². The van der Waals surface area contributed by atoms with Crippen LogP contribution in [0.1, 0.15) is 13.8 Å². The number of hydrogen-bond donors (Lipinski definition) is 1. The third-order valence-electron chi connectivity index (χ3n) is 4.47. The van der Waals surface area contributed by atoms with Gasteiger partial charge in [0.25, 0.3) is 0 Å². The third-order valence-corrected chi connectivity index (χ3v) is 6.54. The van der Waals surface area contributed by atoms with Crippen LogP contribution in [0.5, 0.6) is 0 Å². The van der Waals surface area contributed by atoms with Crippen LogP contribution < -0.4 is 11.1 Å². The molecule has 2 aromatic carbocycles. The van der Waals surface area contributed by atoms with Gasteiger partial charge in [0.05, 0.1) is 4.90 Å². The van der Waals surface area contributed by atoms with E-state index in [0.29, 0.717) is 24.3 Å². The lowest BCUT2D eigenvalue weighted by Gasteiger charge is -2.18. The van der Waals surface area contributed by atoms with Crippen molar-refractivity contribution < 1.29 is 22.0 Å². The standard InChI is InChI=1S/C20H21FN4O5S/c1-3-24(4-2)31(28,29)17-11-9-16(10-12-17)22-18(26)13-25-20(27)30-19(23-25)14-5-7-15(21)8-6-14/h5-12H,3-4,13H2,1-2H3,(H,22,26). The summed E-state index contributed by atoms with van der Waals surface area (Å²) in [5.74, 6) is -1.87. The number of amides is 1.